The van der Waals surface area contributed by atoms with E-state index in [1.165, 1.54) is 12.8 Å². The number of nitrogens with two attached hydrogens (primary N) is 1. The van der Waals surface area contributed by atoms with E-state index in [4.69, 9.17) is 10.5 Å². The molecule has 3 nitrogen and oxygen atoms in total. The summed E-state index contributed by atoms with van der Waals surface area (Å²) in [5.41, 5.74) is 7.14. The normalized spacial score (nSPS) is 24.9. The lowest BCUT2D eigenvalue weighted by Gasteiger charge is -2.37. The molecule has 0 radical (unpaired) electrons. The smallest absolute Gasteiger partial charge is 0.167 e. The Balaban J connectivity index is 1.81. The number of halogens is 1. The molecule has 108 valence electrons. The predicted octanol–water partition coefficient (Wildman–Crippen LogP) is 3.95. The summed E-state index contributed by atoms with van der Waals surface area (Å²) in [7, 11) is 0. The molecule has 1 atom stereocenters. The van der Waals surface area contributed by atoms with Gasteiger partial charge in [-0.3, -0.25) is 4.79 Å². The maximum absolute atomic E-state index is 12.8. The SMILES string of the molecule is Nc1ccc(Br)c(C(=O)C2CCOC3(CCCC3)C2)c1. The van der Waals surface area contributed by atoms with Gasteiger partial charge in [0, 0.05) is 28.2 Å². The van der Waals surface area contributed by atoms with Crippen LogP contribution in [0.25, 0.3) is 0 Å². The highest BCUT2D eigenvalue weighted by atomic mass is 79.9. The Morgan fingerprint density at radius 1 is 1.35 bits per heavy atom. The van der Waals surface area contributed by atoms with Crippen molar-refractivity contribution in [2.24, 2.45) is 5.92 Å². The number of anilines is 1. The van der Waals surface area contributed by atoms with Gasteiger partial charge in [0.25, 0.3) is 0 Å². The Morgan fingerprint density at radius 3 is 2.85 bits per heavy atom. The Hall–Kier alpha value is -0.870. The van der Waals surface area contributed by atoms with Gasteiger partial charge in [-0.2, -0.15) is 0 Å². The number of Topliss-reactive ketones (excluding diaryl/α,β-unsaturated/α-hetero) is 1. The second-order valence-corrected chi connectivity index (χ2v) is 6.89. The Bertz CT molecular complexity index is 523. The first-order valence-corrected chi connectivity index (χ1v) is 8.12. The zero-order valence-corrected chi connectivity index (χ0v) is 13.1. The van der Waals surface area contributed by atoms with Crippen LogP contribution in [0.5, 0.6) is 0 Å². The number of hydrogen-bond acceptors (Lipinski definition) is 3. The van der Waals surface area contributed by atoms with Crippen molar-refractivity contribution in [3.05, 3.63) is 28.2 Å². The van der Waals surface area contributed by atoms with Crippen LogP contribution in [0.1, 0.15) is 48.9 Å². The number of rotatable bonds is 2. The quantitative estimate of drug-likeness (QED) is 0.656. The molecular weight excluding hydrogens is 318 g/mol. The lowest BCUT2D eigenvalue weighted by molar-refractivity contribution is -0.0866. The summed E-state index contributed by atoms with van der Waals surface area (Å²) in [5.74, 6) is 0.277. The van der Waals surface area contributed by atoms with E-state index < -0.39 is 0 Å². The number of hydrogen-bond donors (Lipinski definition) is 1. The molecule has 1 saturated heterocycles. The molecule has 1 unspecified atom stereocenters. The summed E-state index contributed by atoms with van der Waals surface area (Å²) in [6.45, 7) is 0.705. The second-order valence-electron chi connectivity index (χ2n) is 6.03. The molecule has 1 saturated carbocycles. The standard InChI is InChI=1S/C16H20BrNO2/c17-14-4-3-12(18)9-13(14)15(19)11-5-8-20-16(10-11)6-1-2-7-16/h3-4,9,11H,1-2,5-8,10,18H2. The van der Waals surface area contributed by atoms with E-state index in [1.54, 1.807) is 6.07 Å². The van der Waals surface area contributed by atoms with Crippen molar-refractivity contribution in [2.75, 3.05) is 12.3 Å². The summed E-state index contributed by atoms with van der Waals surface area (Å²) in [4.78, 5) is 12.8. The van der Waals surface area contributed by atoms with Gasteiger partial charge in [0.05, 0.1) is 5.60 Å². The first-order chi connectivity index (χ1) is 9.60. The monoisotopic (exact) mass is 337 g/mol. The molecular formula is C16H20BrNO2. The fraction of sp³-hybridized carbons (Fsp3) is 0.562. The highest BCUT2D eigenvalue weighted by Gasteiger charge is 2.42. The molecule has 20 heavy (non-hydrogen) atoms. The lowest BCUT2D eigenvalue weighted by Crippen LogP contribution is -2.39. The van der Waals surface area contributed by atoms with E-state index in [2.05, 4.69) is 15.9 Å². The van der Waals surface area contributed by atoms with Gasteiger partial charge in [-0.15, -0.1) is 0 Å². The maximum atomic E-state index is 12.8. The summed E-state index contributed by atoms with van der Waals surface area (Å²) >= 11 is 3.47. The molecule has 1 heterocycles. The molecule has 2 aliphatic rings. The summed E-state index contributed by atoms with van der Waals surface area (Å²) in [6, 6.07) is 5.44. The zero-order valence-electron chi connectivity index (χ0n) is 11.5. The molecule has 1 aliphatic heterocycles. The van der Waals surface area contributed by atoms with E-state index in [-0.39, 0.29) is 17.3 Å². The van der Waals surface area contributed by atoms with Gasteiger partial charge in [-0.1, -0.05) is 28.8 Å². The molecule has 2 fully saturated rings. The van der Waals surface area contributed by atoms with Crippen LogP contribution in [0.4, 0.5) is 5.69 Å². The molecule has 1 aromatic rings. The van der Waals surface area contributed by atoms with Crippen molar-refractivity contribution in [2.45, 2.75) is 44.1 Å². The largest absolute Gasteiger partial charge is 0.399 e. The van der Waals surface area contributed by atoms with Gasteiger partial charge in [-0.25, -0.2) is 0 Å². The van der Waals surface area contributed by atoms with Crippen molar-refractivity contribution >= 4 is 27.4 Å². The average molecular weight is 338 g/mol. The van der Waals surface area contributed by atoms with Crippen LogP contribution < -0.4 is 5.73 Å². The average Bonchev–Trinajstić information content (AvgIpc) is 2.88. The molecule has 1 aliphatic carbocycles. The number of carbonyl (C=O) groups is 1. The van der Waals surface area contributed by atoms with Crippen LogP contribution in [-0.2, 0) is 4.74 Å². The molecule has 0 amide bonds. The van der Waals surface area contributed by atoms with E-state index in [1.807, 2.05) is 12.1 Å². The highest BCUT2D eigenvalue weighted by molar-refractivity contribution is 9.10. The molecule has 2 N–H and O–H groups in total. The minimum absolute atomic E-state index is 0.0224. The molecule has 1 aromatic carbocycles. The molecule has 4 heteroatoms. The van der Waals surface area contributed by atoms with Gasteiger partial charge in [0.15, 0.2) is 5.78 Å². The third-order valence-electron chi connectivity index (χ3n) is 4.63. The molecule has 0 aromatic heterocycles. The third-order valence-corrected chi connectivity index (χ3v) is 5.33. The van der Waals surface area contributed by atoms with E-state index in [0.29, 0.717) is 17.9 Å². The number of carbonyl (C=O) groups excluding carboxylic acids is 1. The van der Waals surface area contributed by atoms with Crippen molar-refractivity contribution in [1.82, 2.24) is 0 Å². The number of benzene rings is 1. The predicted molar refractivity (Wildman–Crippen MR) is 82.8 cm³/mol. The van der Waals surface area contributed by atoms with Gasteiger partial charge in [-0.05, 0) is 43.9 Å². The molecule has 1 spiro atoms. The number of nitrogen functional groups attached to an aromatic ring is 1. The number of ether oxygens (including phenoxy) is 1. The molecule has 0 bridgehead atoms. The fourth-order valence-corrected chi connectivity index (χ4v) is 4.01. The van der Waals surface area contributed by atoms with Crippen LogP contribution in [0, 0.1) is 5.92 Å². The van der Waals surface area contributed by atoms with Crippen LogP contribution >= 0.6 is 15.9 Å². The van der Waals surface area contributed by atoms with Crippen molar-refractivity contribution < 1.29 is 9.53 Å². The van der Waals surface area contributed by atoms with Gasteiger partial charge in [0.2, 0.25) is 0 Å². The summed E-state index contributed by atoms with van der Waals surface area (Å²) in [6.07, 6.45) is 6.35. The van der Waals surface area contributed by atoms with E-state index >= 15 is 0 Å². The Labute approximate surface area is 128 Å². The summed E-state index contributed by atoms with van der Waals surface area (Å²) in [5, 5.41) is 0. The van der Waals surface area contributed by atoms with Crippen LogP contribution in [0.15, 0.2) is 22.7 Å². The van der Waals surface area contributed by atoms with Crippen molar-refractivity contribution in [1.29, 1.82) is 0 Å². The first-order valence-electron chi connectivity index (χ1n) is 7.33. The van der Waals surface area contributed by atoms with Gasteiger partial charge >= 0.3 is 0 Å². The lowest BCUT2D eigenvalue weighted by atomic mass is 9.80. The molecule has 3 rings (SSSR count). The van der Waals surface area contributed by atoms with E-state index in [0.717, 1.165) is 30.2 Å². The topological polar surface area (TPSA) is 52.3 Å². The zero-order chi connectivity index (χ0) is 14.2. The van der Waals surface area contributed by atoms with Gasteiger partial charge in [0.1, 0.15) is 0 Å². The second kappa shape index (κ2) is 5.49. The third kappa shape index (κ3) is 2.63. The van der Waals surface area contributed by atoms with Crippen LogP contribution in [-0.4, -0.2) is 18.0 Å². The van der Waals surface area contributed by atoms with Crippen molar-refractivity contribution in [3.8, 4) is 0 Å². The van der Waals surface area contributed by atoms with E-state index in [9.17, 15) is 4.79 Å². The van der Waals surface area contributed by atoms with Crippen LogP contribution in [0.2, 0.25) is 0 Å². The highest BCUT2D eigenvalue weighted by Crippen LogP contribution is 2.43. The summed E-state index contributed by atoms with van der Waals surface area (Å²) < 4.78 is 6.84. The maximum Gasteiger partial charge on any atom is 0.167 e. The van der Waals surface area contributed by atoms with Crippen LogP contribution in [0.3, 0.4) is 0 Å². The Morgan fingerprint density at radius 2 is 2.10 bits per heavy atom. The van der Waals surface area contributed by atoms with Crippen molar-refractivity contribution in [3.63, 3.8) is 0 Å². The minimum atomic E-state index is -0.0224. The number of ketones is 1. The first kappa shape index (κ1) is 14.1. The van der Waals surface area contributed by atoms with Gasteiger partial charge < -0.3 is 10.5 Å². The fourth-order valence-electron chi connectivity index (χ4n) is 3.57. The minimum Gasteiger partial charge on any atom is -0.399 e. The Kier molecular flexibility index (Phi) is 3.87.